The third-order valence-corrected chi connectivity index (χ3v) is 6.95. The van der Waals surface area contributed by atoms with E-state index in [1.54, 1.807) is 0 Å². The number of carbonyl (C=O) groups is 1. The number of likely N-dealkylation sites (N-methyl/N-ethyl adjacent to an activating group) is 1. The van der Waals surface area contributed by atoms with Crippen molar-refractivity contribution in [2.75, 3.05) is 20.1 Å². The third kappa shape index (κ3) is 3.36. The number of fused-ring (bicyclic) bond motifs is 1. The van der Waals surface area contributed by atoms with Gasteiger partial charge in [-0.15, -0.1) is 0 Å². The molecule has 1 aliphatic carbocycles. The van der Waals surface area contributed by atoms with Gasteiger partial charge in [0.25, 0.3) is 0 Å². The average Bonchev–Trinajstić information content (AvgIpc) is 2.68. The summed E-state index contributed by atoms with van der Waals surface area (Å²) < 4.78 is 0. The second kappa shape index (κ2) is 7.49. The molecule has 25 heavy (non-hydrogen) atoms. The fourth-order valence-electron chi connectivity index (χ4n) is 5.62. The smallest absolute Gasteiger partial charge is 0.240 e. The molecule has 3 aliphatic rings. The number of carbonyl (C=O) groups excluding carboxylic acids is 1. The lowest BCUT2D eigenvalue weighted by Crippen LogP contribution is -2.57. The first-order chi connectivity index (χ1) is 12.3. The lowest BCUT2D eigenvalue weighted by Gasteiger charge is -2.50. The second-order valence-electron chi connectivity index (χ2n) is 8.35. The van der Waals surface area contributed by atoms with Crippen molar-refractivity contribution in [3.63, 3.8) is 0 Å². The van der Waals surface area contributed by atoms with Crippen molar-refractivity contribution in [3.8, 4) is 0 Å². The monoisotopic (exact) mass is 340 g/mol. The molecular formula is C22H32N2O. The number of piperidine rings is 2. The zero-order valence-electron chi connectivity index (χ0n) is 15.6. The summed E-state index contributed by atoms with van der Waals surface area (Å²) in [6.45, 7) is 2.02. The number of likely N-dealkylation sites (tertiary alicyclic amines) is 2. The SMILES string of the molecule is CN1CCCCC1C(=O)N1CC[C@H](c2ccccc2)[C@H]2CCCC[C@H]21. The van der Waals surface area contributed by atoms with Crippen LogP contribution in [0.3, 0.4) is 0 Å². The highest BCUT2D eigenvalue weighted by Crippen LogP contribution is 2.44. The van der Waals surface area contributed by atoms with E-state index in [2.05, 4.69) is 47.2 Å². The van der Waals surface area contributed by atoms with Gasteiger partial charge >= 0.3 is 0 Å². The molecule has 0 N–H and O–H groups in total. The molecule has 4 rings (SSSR count). The summed E-state index contributed by atoms with van der Waals surface area (Å²) in [6, 6.07) is 11.6. The van der Waals surface area contributed by atoms with Crippen molar-refractivity contribution in [2.45, 2.75) is 69.4 Å². The summed E-state index contributed by atoms with van der Waals surface area (Å²) in [5.41, 5.74) is 1.49. The van der Waals surface area contributed by atoms with Gasteiger partial charge in [0, 0.05) is 12.6 Å². The Labute approximate surface area is 152 Å². The van der Waals surface area contributed by atoms with E-state index in [0.717, 1.165) is 25.9 Å². The summed E-state index contributed by atoms with van der Waals surface area (Å²) in [4.78, 5) is 17.9. The highest BCUT2D eigenvalue weighted by atomic mass is 16.2. The fourth-order valence-corrected chi connectivity index (χ4v) is 5.62. The summed E-state index contributed by atoms with van der Waals surface area (Å²) in [6.07, 6.45) is 9.73. The largest absolute Gasteiger partial charge is 0.338 e. The van der Waals surface area contributed by atoms with Gasteiger partial charge in [-0.2, -0.15) is 0 Å². The Bertz CT molecular complexity index is 587. The molecule has 0 spiro atoms. The quantitative estimate of drug-likeness (QED) is 0.811. The maximum absolute atomic E-state index is 13.3. The molecule has 3 nitrogen and oxygen atoms in total. The zero-order chi connectivity index (χ0) is 17.2. The Hall–Kier alpha value is -1.35. The van der Waals surface area contributed by atoms with Crippen molar-refractivity contribution in [2.24, 2.45) is 5.92 Å². The number of benzene rings is 1. The van der Waals surface area contributed by atoms with Crippen LogP contribution in [0.25, 0.3) is 0 Å². The van der Waals surface area contributed by atoms with Crippen molar-refractivity contribution < 1.29 is 4.79 Å². The highest BCUT2D eigenvalue weighted by molar-refractivity contribution is 5.82. The standard InChI is InChI=1S/C22H32N2O/c1-23-15-8-7-13-21(23)22(25)24-16-14-18(17-9-3-2-4-10-17)19-11-5-6-12-20(19)24/h2-4,9-10,18-21H,5-8,11-16H2,1H3/t18-,19-,20-,21?/m1/s1. The van der Waals surface area contributed by atoms with Crippen LogP contribution in [0.15, 0.2) is 30.3 Å². The van der Waals surface area contributed by atoms with E-state index in [9.17, 15) is 4.79 Å². The van der Waals surface area contributed by atoms with Crippen molar-refractivity contribution >= 4 is 5.91 Å². The molecule has 1 aromatic carbocycles. The van der Waals surface area contributed by atoms with Gasteiger partial charge in [-0.05, 0) is 63.1 Å². The van der Waals surface area contributed by atoms with Crippen molar-refractivity contribution in [3.05, 3.63) is 35.9 Å². The number of amides is 1. The van der Waals surface area contributed by atoms with Crippen LogP contribution in [0.1, 0.15) is 62.8 Å². The van der Waals surface area contributed by atoms with Gasteiger partial charge in [-0.1, -0.05) is 49.6 Å². The summed E-state index contributed by atoms with van der Waals surface area (Å²) in [5.74, 6) is 1.72. The fraction of sp³-hybridized carbons (Fsp3) is 0.682. The van der Waals surface area contributed by atoms with Crippen LogP contribution in [0.2, 0.25) is 0 Å². The first-order valence-electron chi connectivity index (χ1n) is 10.3. The first-order valence-corrected chi connectivity index (χ1v) is 10.3. The molecule has 1 aromatic rings. The van der Waals surface area contributed by atoms with Crippen molar-refractivity contribution in [1.29, 1.82) is 0 Å². The van der Waals surface area contributed by atoms with Gasteiger partial charge < -0.3 is 4.90 Å². The second-order valence-corrected chi connectivity index (χ2v) is 8.35. The van der Waals surface area contributed by atoms with E-state index in [4.69, 9.17) is 0 Å². The molecule has 2 aliphatic heterocycles. The Morgan fingerprint density at radius 2 is 1.68 bits per heavy atom. The van der Waals surface area contributed by atoms with Crippen molar-refractivity contribution in [1.82, 2.24) is 9.80 Å². The number of rotatable bonds is 2. The molecule has 3 fully saturated rings. The van der Waals surface area contributed by atoms with Gasteiger partial charge in [-0.25, -0.2) is 0 Å². The topological polar surface area (TPSA) is 23.6 Å². The normalized spacial score (nSPS) is 33.7. The predicted octanol–water partition coefficient (Wildman–Crippen LogP) is 4.05. The zero-order valence-corrected chi connectivity index (χ0v) is 15.6. The van der Waals surface area contributed by atoms with Crippen LogP contribution in [-0.4, -0.2) is 47.9 Å². The van der Waals surface area contributed by atoms with Gasteiger partial charge in [0.05, 0.1) is 6.04 Å². The van der Waals surface area contributed by atoms with Gasteiger partial charge in [0.2, 0.25) is 5.91 Å². The van der Waals surface area contributed by atoms with Crippen LogP contribution in [-0.2, 0) is 4.79 Å². The van der Waals surface area contributed by atoms with Crippen LogP contribution >= 0.6 is 0 Å². The molecule has 0 radical (unpaired) electrons. The van der Waals surface area contributed by atoms with Crippen LogP contribution in [0.4, 0.5) is 0 Å². The first kappa shape index (κ1) is 17.1. The minimum Gasteiger partial charge on any atom is -0.338 e. The maximum atomic E-state index is 13.3. The van der Waals surface area contributed by atoms with Crippen LogP contribution in [0, 0.1) is 5.92 Å². The minimum atomic E-state index is 0.129. The molecular weight excluding hydrogens is 308 g/mol. The third-order valence-electron chi connectivity index (χ3n) is 6.95. The molecule has 0 bridgehead atoms. The summed E-state index contributed by atoms with van der Waals surface area (Å²) in [7, 11) is 2.14. The van der Waals surface area contributed by atoms with E-state index in [-0.39, 0.29) is 6.04 Å². The number of hydrogen-bond acceptors (Lipinski definition) is 2. The number of nitrogens with zero attached hydrogens (tertiary/aromatic N) is 2. The van der Waals surface area contributed by atoms with Crippen LogP contribution < -0.4 is 0 Å². The van der Waals surface area contributed by atoms with E-state index >= 15 is 0 Å². The Kier molecular flexibility index (Phi) is 5.12. The lowest BCUT2D eigenvalue weighted by molar-refractivity contribution is -0.144. The van der Waals surface area contributed by atoms with E-state index in [1.165, 1.54) is 44.1 Å². The van der Waals surface area contributed by atoms with Gasteiger partial charge in [0.15, 0.2) is 0 Å². The minimum absolute atomic E-state index is 0.129. The maximum Gasteiger partial charge on any atom is 0.240 e. The highest BCUT2D eigenvalue weighted by Gasteiger charge is 2.43. The summed E-state index contributed by atoms with van der Waals surface area (Å²) in [5, 5.41) is 0. The molecule has 1 unspecified atom stereocenters. The Morgan fingerprint density at radius 1 is 0.920 bits per heavy atom. The molecule has 1 amide bonds. The Morgan fingerprint density at radius 3 is 2.48 bits per heavy atom. The van der Waals surface area contributed by atoms with Crippen LogP contribution in [0.5, 0.6) is 0 Å². The van der Waals surface area contributed by atoms with Gasteiger partial charge in [0.1, 0.15) is 0 Å². The summed E-state index contributed by atoms with van der Waals surface area (Å²) >= 11 is 0. The number of hydrogen-bond donors (Lipinski definition) is 0. The lowest BCUT2D eigenvalue weighted by atomic mass is 9.69. The molecule has 0 aromatic heterocycles. The van der Waals surface area contributed by atoms with E-state index in [0.29, 0.717) is 23.8 Å². The molecule has 136 valence electrons. The van der Waals surface area contributed by atoms with Gasteiger partial charge in [-0.3, -0.25) is 9.69 Å². The molecule has 1 saturated carbocycles. The molecule has 3 heteroatoms. The van der Waals surface area contributed by atoms with E-state index in [1.807, 2.05) is 0 Å². The van der Waals surface area contributed by atoms with E-state index < -0.39 is 0 Å². The Balaban J connectivity index is 1.54. The predicted molar refractivity (Wildman–Crippen MR) is 102 cm³/mol. The molecule has 2 heterocycles. The molecule has 4 atom stereocenters. The average molecular weight is 341 g/mol. The molecule has 2 saturated heterocycles.